The van der Waals surface area contributed by atoms with Gasteiger partial charge in [-0.25, -0.2) is 4.39 Å². The number of halogens is 1. The molecule has 1 aromatic carbocycles. The van der Waals surface area contributed by atoms with Gasteiger partial charge in [-0.1, -0.05) is 30.3 Å². The number of benzene rings is 1. The Kier molecular flexibility index (Phi) is 5.84. The van der Waals surface area contributed by atoms with E-state index in [4.69, 9.17) is 14.6 Å². The summed E-state index contributed by atoms with van der Waals surface area (Å²) in [5, 5.41) is 21.6. The average Bonchev–Trinajstić information content (AvgIpc) is 2.52. The first kappa shape index (κ1) is 16.8. The van der Waals surface area contributed by atoms with Crippen LogP contribution in [0.2, 0.25) is 0 Å². The van der Waals surface area contributed by atoms with E-state index in [1.807, 2.05) is 30.3 Å². The van der Waals surface area contributed by atoms with E-state index in [9.17, 15) is 14.3 Å². The Morgan fingerprint density at radius 3 is 2.68 bits per heavy atom. The van der Waals surface area contributed by atoms with Crippen LogP contribution >= 0.6 is 0 Å². The molecule has 0 spiro atoms. The molecule has 0 aliphatic carbocycles. The largest absolute Gasteiger partial charge is 0.394 e. The number of aliphatic hydroxyl groups is 2. The van der Waals surface area contributed by atoms with Crippen molar-refractivity contribution >= 4 is 5.91 Å². The molecule has 1 fully saturated rings. The van der Waals surface area contributed by atoms with Gasteiger partial charge < -0.3 is 25.0 Å². The molecule has 7 heteroatoms. The number of carbonyl (C=O) groups is 1. The zero-order valence-corrected chi connectivity index (χ0v) is 12.2. The summed E-state index contributed by atoms with van der Waals surface area (Å²) < 4.78 is 24.8. The second kappa shape index (κ2) is 7.64. The van der Waals surface area contributed by atoms with Gasteiger partial charge in [-0.05, 0) is 5.56 Å². The zero-order chi connectivity index (χ0) is 16.1. The molecule has 1 heterocycles. The zero-order valence-electron chi connectivity index (χ0n) is 12.2. The Hall–Kier alpha value is -1.54. The van der Waals surface area contributed by atoms with E-state index < -0.39 is 43.2 Å². The minimum Gasteiger partial charge on any atom is -0.394 e. The predicted molar refractivity (Wildman–Crippen MR) is 75.5 cm³/mol. The second-order valence-electron chi connectivity index (χ2n) is 5.18. The van der Waals surface area contributed by atoms with E-state index in [2.05, 4.69) is 5.32 Å². The van der Waals surface area contributed by atoms with Gasteiger partial charge >= 0.3 is 0 Å². The summed E-state index contributed by atoms with van der Waals surface area (Å²) in [5.74, 6) is -0.435. The molecule has 5 atom stereocenters. The van der Waals surface area contributed by atoms with Crippen LogP contribution in [0, 0.1) is 0 Å². The lowest BCUT2D eigenvalue weighted by Gasteiger charge is -2.41. The highest BCUT2D eigenvalue weighted by Gasteiger charge is 2.46. The molecule has 22 heavy (non-hydrogen) atoms. The molecule has 3 N–H and O–H groups in total. The molecule has 1 saturated heterocycles. The third-order valence-electron chi connectivity index (χ3n) is 3.46. The van der Waals surface area contributed by atoms with E-state index >= 15 is 0 Å². The average molecular weight is 313 g/mol. The monoisotopic (exact) mass is 313 g/mol. The smallest absolute Gasteiger partial charge is 0.217 e. The molecule has 2 rings (SSSR count). The topological polar surface area (TPSA) is 88.0 Å². The third-order valence-corrected chi connectivity index (χ3v) is 3.46. The van der Waals surface area contributed by atoms with Gasteiger partial charge in [-0.2, -0.15) is 0 Å². The summed E-state index contributed by atoms with van der Waals surface area (Å²) in [7, 11) is 0. The Bertz CT molecular complexity index is 486. The van der Waals surface area contributed by atoms with Gasteiger partial charge in [0.15, 0.2) is 12.5 Å². The molecule has 1 aliphatic rings. The van der Waals surface area contributed by atoms with Crippen molar-refractivity contribution in [3.05, 3.63) is 35.9 Å². The van der Waals surface area contributed by atoms with Gasteiger partial charge in [-0.3, -0.25) is 4.79 Å². The second-order valence-corrected chi connectivity index (χ2v) is 5.18. The summed E-state index contributed by atoms with van der Waals surface area (Å²) in [4.78, 5) is 11.2. The van der Waals surface area contributed by atoms with Crippen molar-refractivity contribution in [2.45, 2.75) is 44.2 Å². The van der Waals surface area contributed by atoms with E-state index in [0.29, 0.717) is 0 Å². The molecule has 1 aromatic rings. The molecule has 1 unspecified atom stereocenters. The summed E-state index contributed by atoms with van der Waals surface area (Å²) in [6, 6.07) is 8.19. The number of alkyl halides is 1. The van der Waals surface area contributed by atoms with Crippen LogP contribution in [0.15, 0.2) is 30.3 Å². The van der Waals surface area contributed by atoms with Crippen molar-refractivity contribution in [3.63, 3.8) is 0 Å². The predicted octanol–water partition coefficient (Wildman–Crippen LogP) is 0.124. The van der Waals surface area contributed by atoms with Crippen LogP contribution in [-0.2, 0) is 20.9 Å². The Morgan fingerprint density at radius 2 is 2.09 bits per heavy atom. The molecule has 0 bridgehead atoms. The molecule has 122 valence electrons. The first-order valence-electron chi connectivity index (χ1n) is 7.04. The molecule has 0 aromatic heterocycles. The third kappa shape index (κ3) is 4.01. The van der Waals surface area contributed by atoms with E-state index in [1.54, 1.807) is 0 Å². The Labute approximate surface area is 127 Å². The number of amides is 1. The van der Waals surface area contributed by atoms with E-state index in [0.717, 1.165) is 5.56 Å². The van der Waals surface area contributed by atoms with Crippen LogP contribution < -0.4 is 5.32 Å². The van der Waals surface area contributed by atoms with Gasteiger partial charge in [-0.15, -0.1) is 0 Å². The van der Waals surface area contributed by atoms with E-state index in [1.165, 1.54) is 6.92 Å². The SMILES string of the molecule is CC(=O)N[C@@H]1[C@@H](OCc2ccccc2)OC(CO)[C@H](F)[C@@H]1O. The van der Waals surface area contributed by atoms with Crippen LogP contribution in [0.3, 0.4) is 0 Å². The first-order valence-corrected chi connectivity index (χ1v) is 7.04. The molecule has 1 aliphatic heterocycles. The van der Waals surface area contributed by atoms with Crippen LogP contribution in [-0.4, -0.2) is 53.4 Å². The number of hydrogen-bond donors (Lipinski definition) is 3. The summed E-state index contributed by atoms with van der Waals surface area (Å²) >= 11 is 0. The van der Waals surface area contributed by atoms with Gasteiger partial charge in [0.05, 0.1) is 13.2 Å². The molecule has 0 saturated carbocycles. The fraction of sp³-hybridized carbons (Fsp3) is 0.533. The van der Waals surface area contributed by atoms with Crippen molar-refractivity contribution in [2.24, 2.45) is 0 Å². The van der Waals surface area contributed by atoms with Gasteiger partial charge in [0.25, 0.3) is 0 Å². The highest BCUT2D eigenvalue weighted by Crippen LogP contribution is 2.25. The van der Waals surface area contributed by atoms with Gasteiger partial charge in [0.2, 0.25) is 5.91 Å². The number of ether oxygens (including phenoxy) is 2. The number of rotatable bonds is 5. The molecule has 6 nitrogen and oxygen atoms in total. The lowest BCUT2D eigenvalue weighted by atomic mass is 9.98. The van der Waals surface area contributed by atoms with Gasteiger partial charge in [0.1, 0.15) is 18.2 Å². The molecule has 0 radical (unpaired) electrons. The fourth-order valence-corrected chi connectivity index (χ4v) is 2.34. The van der Waals surface area contributed by atoms with Crippen LogP contribution in [0.25, 0.3) is 0 Å². The summed E-state index contributed by atoms with van der Waals surface area (Å²) in [6.45, 7) is 0.839. The number of carbonyl (C=O) groups excluding carboxylic acids is 1. The van der Waals surface area contributed by atoms with Crippen molar-refractivity contribution in [1.29, 1.82) is 0 Å². The minimum atomic E-state index is -1.81. The Morgan fingerprint density at radius 1 is 1.41 bits per heavy atom. The summed E-state index contributed by atoms with van der Waals surface area (Å²) in [6.07, 6.45) is -5.57. The maximum Gasteiger partial charge on any atom is 0.217 e. The standard InChI is InChI=1S/C15H20FNO5/c1-9(19)17-13-14(20)12(16)11(7-18)22-15(13)21-8-10-5-3-2-4-6-10/h2-6,11-15,18,20H,7-8H2,1H3,(H,17,19)/t11?,12-,13-,14-,15-/m0/s1. The fourth-order valence-electron chi connectivity index (χ4n) is 2.34. The van der Waals surface area contributed by atoms with Crippen LogP contribution in [0.1, 0.15) is 12.5 Å². The number of hydrogen-bond acceptors (Lipinski definition) is 5. The maximum absolute atomic E-state index is 13.9. The van der Waals surface area contributed by atoms with Gasteiger partial charge in [0, 0.05) is 6.92 Å². The Balaban J connectivity index is 2.07. The highest BCUT2D eigenvalue weighted by atomic mass is 19.1. The summed E-state index contributed by atoms with van der Waals surface area (Å²) in [5.41, 5.74) is 0.866. The van der Waals surface area contributed by atoms with Crippen molar-refractivity contribution in [2.75, 3.05) is 6.61 Å². The van der Waals surface area contributed by atoms with Crippen molar-refractivity contribution in [1.82, 2.24) is 5.32 Å². The van der Waals surface area contributed by atoms with Crippen molar-refractivity contribution in [3.8, 4) is 0 Å². The lowest BCUT2D eigenvalue weighted by Crippen LogP contribution is -2.63. The normalized spacial score (nSPS) is 31.7. The van der Waals surface area contributed by atoms with Crippen molar-refractivity contribution < 1.29 is 28.9 Å². The first-order chi connectivity index (χ1) is 10.5. The molecular weight excluding hydrogens is 293 g/mol. The molecular formula is C15H20FNO5. The van der Waals surface area contributed by atoms with E-state index in [-0.39, 0.29) is 6.61 Å². The lowest BCUT2D eigenvalue weighted by molar-refractivity contribution is -0.262. The molecule has 1 amide bonds. The van der Waals surface area contributed by atoms with Crippen LogP contribution in [0.4, 0.5) is 4.39 Å². The minimum absolute atomic E-state index is 0.170. The number of nitrogens with one attached hydrogen (secondary N) is 1. The quantitative estimate of drug-likeness (QED) is 0.719. The highest BCUT2D eigenvalue weighted by molar-refractivity contribution is 5.73. The van der Waals surface area contributed by atoms with Crippen LogP contribution in [0.5, 0.6) is 0 Å². The number of aliphatic hydroxyl groups excluding tert-OH is 2. The maximum atomic E-state index is 13.9.